The Labute approximate surface area is 113 Å². The van der Waals surface area contributed by atoms with E-state index in [1.807, 2.05) is 24.3 Å². The van der Waals surface area contributed by atoms with Crippen LogP contribution >= 0.6 is 0 Å². The Morgan fingerprint density at radius 2 is 2.21 bits per heavy atom. The largest absolute Gasteiger partial charge is 0.382 e. The first kappa shape index (κ1) is 12.7. The molecule has 6 heteroatoms. The molecule has 2 aliphatic heterocycles. The summed E-state index contributed by atoms with van der Waals surface area (Å²) in [6.45, 7) is 1.80. The van der Waals surface area contributed by atoms with E-state index in [1.165, 1.54) is 4.31 Å². The number of sulfonamides is 1. The lowest BCUT2D eigenvalue weighted by atomic mass is 10.2. The minimum absolute atomic E-state index is 0.0847. The minimum Gasteiger partial charge on any atom is -0.382 e. The number of benzene rings is 1. The number of anilines is 2. The maximum absolute atomic E-state index is 12.5. The van der Waals surface area contributed by atoms with Crippen molar-refractivity contribution in [3.8, 4) is 0 Å². The van der Waals surface area contributed by atoms with E-state index in [1.54, 1.807) is 0 Å². The number of hydrogen-bond acceptors (Lipinski definition) is 4. The van der Waals surface area contributed by atoms with Crippen molar-refractivity contribution in [1.82, 2.24) is 0 Å². The molecule has 2 aliphatic rings. The highest BCUT2D eigenvalue weighted by molar-refractivity contribution is 7.92. The van der Waals surface area contributed by atoms with Gasteiger partial charge in [-0.3, -0.25) is 4.31 Å². The third kappa shape index (κ3) is 2.55. The number of rotatable bonds is 3. The van der Waals surface area contributed by atoms with E-state index in [2.05, 4.69) is 5.32 Å². The third-order valence-corrected chi connectivity index (χ3v) is 5.40. The van der Waals surface area contributed by atoms with Crippen molar-refractivity contribution >= 4 is 21.4 Å². The molecule has 0 radical (unpaired) electrons. The van der Waals surface area contributed by atoms with Gasteiger partial charge in [-0.1, -0.05) is 12.1 Å². The molecule has 3 rings (SSSR count). The van der Waals surface area contributed by atoms with Crippen molar-refractivity contribution in [2.75, 3.05) is 35.1 Å². The SMILES string of the molecule is O=S(=O)(CC1CCCO1)N1CCNc2ccccc21. The lowest BCUT2D eigenvalue weighted by molar-refractivity contribution is 0.127. The summed E-state index contributed by atoms with van der Waals surface area (Å²) in [4.78, 5) is 0. The number of hydrogen-bond donors (Lipinski definition) is 1. The van der Waals surface area contributed by atoms with Gasteiger partial charge in [-0.15, -0.1) is 0 Å². The van der Waals surface area contributed by atoms with Crippen molar-refractivity contribution < 1.29 is 13.2 Å². The molecule has 0 saturated carbocycles. The fourth-order valence-electron chi connectivity index (χ4n) is 2.64. The van der Waals surface area contributed by atoms with Crippen LogP contribution in [0.2, 0.25) is 0 Å². The quantitative estimate of drug-likeness (QED) is 0.911. The maximum Gasteiger partial charge on any atom is 0.237 e. The standard InChI is InChI=1S/C13H18N2O3S/c16-19(17,10-11-4-3-9-18-11)15-8-7-14-12-5-1-2-6-13(12)15/h1-2,5-6,11,14H,3-4,7-10H2. The zero-order valence-corrected chi connectivity index (χ0v) is 11.5. The van der Waals surface area contributed by atoms with Crippen molar-refractivity contribution in [1.29, 1.82) is 0 Å². The number of nitrogens with one attached hydrogen (secondary N) is 1. The van der Waals surface area contributed by atoms with Gasteiger partial charge in [0, 0.05) is 13.2 Å². The third-order valence-electron chi connectivity index (χ3n) is 3.56. The lowest BCUT2D eigenvalue weighted by Gasteiger charge is -2.31. The van der Waals surface area contributed by atoms with Crippen LogP contribution in [0.15, 0.2) is 24.3 Å². The second kappa shape index (κ2) is 5.02. The van der Waals surface area contributed by atoms with E-state index in [9.17, 15) is 8.42 Å². The molecule has 5 nitrogen and oxygen atoms in total. The Kier molecular flexibility index (Phi) is 3.36. The Balaban J connectivity index is 1.85. The number of ether oxygens (including phenoxy) is 1. The van der Waals surface area contributed by atoms with E-state index >= 15 is 0 Å². The van der Waals surface area contributed by atoms with Crippen molar-refractivity contribution in [3.63, 3.8) is 0 Å². The van der Waals surface area contributed by atoms with Crippen LogP contribution in [0.3, 0.4) is 0 Å². The van der Waals surface area contributed by atoms with Gasteiger partial charge in [-0.2, -0.15) is 0 Å². The van der Waals surface area contributed by atoms with Gasteiger partial charge in [-0.25, -0.2) is 8.42 Å². The number of para-hydroxylation sites is 2. The van der Waals surface area contributed by atoms with Gasteiger partial charge in [0.2, 0.25) is 10.0 Å². The highest BCUT2D eigenvalue weighted by Gasteiger charge is 2.31. The highest BCUT2D eigenvalue weighted by Crippen LogP contribution is 2.31. The first-order chi connectivity index (χ1) is 9.17. The predicted octanol–water partition coefficient (Wildman–Crippen LogP) is 1.43. The summed E-state index contributed by atoms with van der Waals surface area (Å²) in [5.41, 5.74) is 1.62. The monoisotopic (exact) mass is 282 g/mol. The van der Waals surface area contributed by atoms with Gasteiger partial charge >= 0.3 is 0 Å². The van der Waals surface area contributed by atoms with E-state index < -0.39 is 10.0 Å². The first-order valence-electron chi connectivity index (χ1n) is 6.62. The van der Waals surface area contributed by atoms with Gasteiger partial charge in [0.1, 0.15) is 0 Å². The average Bonchev–Trinajstić information content (AvgIpc) is 2.90. The summed E-state index contributed by atoms with van der Waals surface area (Å²) in [6, 6.07) is 7.51. The molecule has 1 fully saturated rings. The number of nitrogens with zero attached hydrogens (tertiary/aromatic N) is 1. The fraction of sp³-hybridized carbons (Fsp3) is 0.538. The molecule has 0 aliphatic carbocycles. The Morgan fingerprint density at radius 3 is 3.00 bits per heavy atom. The van der Waals surface area contributed by atoms with Crippen LogP contribution < -0.4 is 9.62 Å². The second-order valence-corrected chi connectivity index (χ2v) is 6.87. The molecule has 1 atom stereocenters. The summed E-state index contributed by atoms with van der Waals surface area (Å²) >= 11 is 0. The van der Waals surface area contributed by atoms with Crippen LogP contribution in [0, 0.1) is 0 Å². The maximum atomic E-state index is 12.5. The smallest absolute Gasteiger partial charge is 0.237 e. The molecule has 0 amide bonds. The van der Waals surface area contributed by atoms with Gasteiger partial charge in [0.25, 0.3) is 0 Å². The van der Waals surface area contributed by atoms with Gasteiger partial charge < -0.3 is 10.1 Å². The predicted molar refractivity (Wildman–Crippen MR) is 75.0 cm³/mol. The Morgan fingerprint density at radius 1 is 1.37 bits per heavy atom. The van der Waals surface area contributed by atoms with E-state index in [0.717, 1.165) is 24.2 Å². The van der Waals surface area contributed by atoms with Crippen LogP contribution in [0.25, 0.3) is 0 Å². The van der Waals surface area contributed by atoms with Crippen LogP contribution in [0.5, 0.6) is 0 Å². The highest BCUT2D eigenvalue weighted by atomic mass is 32.2. The Bertz CT molecular complexity index is 553. The minimum atomic E-state index is -3.31. The van der Waals surface area contributed by atoms with Gasteiger partial charge in [-0.05, 0) is 25.0 Å². The molecular formula is C13H18N2O3S. The van der Waals surface area contributed by atoms with E-state index in [0.29, 0.717) is 19.7 Å². The molecule has 1 aromatic carbocycles. The number of fused-ring (bicyclic) bond motifs is 1. The second-order valence-electron chi connectivity index (χ2n) is 4.93. The molecular weight excluding hydrogens is 264 g/mol. The molecule has 0 aromatic heterocycles. The molecule has 1 N–H and O–H groups in total. The molecule has 104 valence electrons. The molecule has 19 heavy (non-hydrogen) atoms. The summed E-state index contributed by atoms with van der Waals surface area (Å²) in [6.07, 6.45) is 1.65. The fourth-order valence-corrected chi connectivity index (χ4v) is 4.38. The van der Waals surface area contributed by atoms with Gasteiger partial charge in [0.15, 0.2) is 0 Å². The average molecular weight is 282 g/mol. The zero-order chi connectivity index (χ0) is 13.3. The first-order valence-corrected chi connectivity index (χ1v) is 8.23. The van der Waals surface area contributed by atoms with Crippen LogP contribution in [0.4, 0.5) is 11.4 Å². The van der Waals surface area contributed by atoms with Crippen molar-refractivity contribution in [2.24, 2.45) is 0 Å². The lowest BCUT2D eigenvalue weighted by Crippen LogP contribution is -2.42. The molecule has 1 unspecified atom stereocenters. The van der Waals surface area contributed by atoms with E-state index in [-0.39, 0.29) is 11.9 Å². The molecule has 1 saturated heterocycles. The van der Waals surface area contributed by atoms with Crippen LogP contribution in [-0.4, -0.2) is 40.0 Å². The molecule has 1 aromatic rings. The summed E-state index contributed by atoms with van der Waals surface area (Å²) in [7, 11) is -3.31. The molecule has 2 heterocycles. The van der Waals surface area contributed by atoms with Gasteiger partial charge in [0.05, 0.1) is 29.8 Å². The topological polar surface area (TPSA) is 58.6 Å². The summed E-state index contributed by atoms with van der Waals surface area (Å²) in [5.74, 6) is 0.0847. The Hall–Kier alpha value is -1.27. The summed E-state index contributed by atoms with van der Waals surface area (Å²) in [5, 5.41) is 3.22. The van der Waals surface area contributed by atoms with E-state index in [4.69, 9.17) is 4.74 Å². The van der Waals surface area contributed by atoms with Crippen molar-refractivity contribution in [2.45, 2.75) is 18.9 Å². The zero-order valence-electron chi connectivity index (χ0n) is 10.7. The molecule has 0 bridgehead atoms. The molecule has 0 spiro atoms. The van der Waals surface area contributed by atoms with Crippen LogP contribution in [-0.2, 0) is 14.8 Å². The summed E-state index contributed by atoms with van der Waals surface area (Å²) < 4.78 is 32.0. The van der Waals surface area contributed by atoms with Crippen molar-refractivity contribution in [3.05, 3.63) is 24.3 Å². The normalized spacial score (nSPS) is 22.9. The van der Waals surface area contributed by atoms with Crippen LogP contribution in [0.1, 0.15) is 12.8 Å².